The third kappa shape index (κ3) is 6.31. The molecule has 0 saturated carbocycles. The quantitative estimate of drug-likeness (QED) is 0.306. The van der Waals surface area contributed by atoms with E-state index in [1.165, 1.54) is 27.8 Å². The molecule has 1 fully saturated rings. The van der Waals surface area contributed by atoms with Gasteiger partial charge in [-0.15, -0.1) is 0 Å². The molecule has 1 aliphatic rings. The number of carbonyl (C=O) groups is 1. The average molecular weight is 546 g/mol. The van der Waals surface area contributed by atoms with Gasteiger partial charge in [-0.3, -0.25) is 9.69 Å². The molecule has 0 N–H and O–H groups in total. The van der Waals surface area contributed by atoms with Crippen LogP contribution >= 0.6 is 11.3 Å². The summed E-state index contributed by atoms with van der Waals surface area (Å²) in [6.07, 6.45) is 3.49. The zero-order valence-electron chi connectivity index (χ0n) is 21.7. The Bertz CT molecular complexity index is 1300. The lowest BCUT2D eigenvalue weighted by Gasteiger charge is -2.23. The van der Waals surface area contributed by atoms with E-state index in [0.717, 1.165) is 41.6 Å². The number of benzene rings is 2. The Morgan fingerprint density at radius 1 is 1.16 bits per heavy atom. The van der Waals surface area contributed by atoms with Crippen molar-refractivity contribution in [2.75, 3.05) is 37.7 Å². The van der Waals surface area contributed by atoms with E-state index >= 15 is 0 Å². The van der Waals surface area contributed by atoms with Crippen LogP contribution in [0.15, 0.2) is 47.4 Å². The number of unbranched alkanes of at least 4 members (excludes halogenated alkanes) is 1. The van der Waals surface area contributed by atoms with E-state index in [1.807, 2.05) is 39.0 Å². The largest absolute Gasteiger partial charge is 0.494 e. The summed E-state index contributed by atoms with van der Waals surface area (Å²) in [5.41, 5.74) is 1.20. The van der Waals surface area contributed by atoms with Gasteiger partial charge < -0.3 is 9.47 Å². The second-order valence-electron chi connectivity index (χ2n) is 8.98. The Morgan fingerprint density at radius 3 is 2.59 bits per heavy atom. The van der Waals surface area contributed by atoms with Gasteiger partial charge in [0.2, 0.25) is 10.0 Å². The van der Waals surface area contributed by atoms with Gasteiger partial charge in [0.25, 0.3) is 5.91 Å². The minimum atomic E-state index is -3.62. The molecular formula is C27H35N3O5S2. The summed E-state index contributed by atoms with van der Waals surface area (Å²) in [6.45, 7) is 8.33. The molecule has 0 radical (unpaired) electrons. The first-order valence-corrected chi connectivity index (χ1v) is 15.2. The number of hydrogen-bond acceptors (Lipinski definition) is 7. The molecule has 2 heterocycles. The first kappa shape index (κ1) is 27.5. The number of thiazole rings is 1. The number of fused-ring (bicyclic) bond motifs is 1. The highest BCUT2D eigenvalue weighted by Crippen LogP contribution is 2.33. The van der Waals surface area contributed by atoms with Crippen molar-refractivity contribution in [2.24, 2.45) is 0 Å². The number of rotatable bonds is 12. The highest BCUT2D eigenvalue weighted by molar-refractivity contribution is 7.89. The topological polar surface area (TPSA) is 89.0 Å². The molecule has 1 unspecified atom stereocenters. The number of hydrogen-bond donors (Lipinski definition) is 0. The van der Waals surface area contributed by atoms with E-state index in [-0.39, 0.29) is 16.9 Å². The maximum atomic E-state index is 13.7. The van der Waals surface area contributed by atoms with Crippen LogP contribution in [0.1, 0.15) is 56.8 Å². The van der Waals surface area contributed by atoms with Gasteiger partial charge in [-0.25, -0.2) is 13.4 Å². The fourth-order valence-electron chi connectivity index (χ4n) is 4.36. The van der Waals surface area contributed by atoms with Gasteiger partial charge in [-0.2, -0.15) is 4.31 Å². The van der Waals surface area contributed by atoms with Crippen LogP contribution in [-0.2, 0) is 14.8 Å². The minimum absolute atomic E-state index is 0.0636. The summed E-state index contributed by atoms with van der Waals surface area (Å²) in [6, 6.07) is 11.9. The smallest absolute Gasteiger partial charge is 0.260 e. The summed E-state index contributed by atoms with van der Waals surface area (Å²) in [5, 5.41) is 0.581. The summed E-state index contributed by atoms with van der Waals surface area (Å²) in [5.74, 6) is 0.529. The fourth-order valence-corrected chi connectivity index (χ4v) is 6.85. The Labute approximate surface area is 223 Å². The molecule has 2 aromatic carbocycles. The fraction of sp³-hybridized carbons (Fsp3) is 0.481. The molecule has 10 heteroatoms. The lowest BCUT2D eigenvalue weighted by atomic mass is 10.2. The van der Waals surface area contributed by atoms with Crippen molar-refractivity contribution in [1.29, 1.82) is 0 Å². The van der Waals surface area contributed by atoms with Gasteiger partial charge in [-0.1, -0.05) is 31.6 Å². The molecular weight excluding hydrogens is 510 g/mol. The van der Waals surface area contributed by atoms with Crippen molar-refractivity contribution >= 4 is 42.6 Å². The lowest BCUT2D eigenvalue weighted by molar-refractivity contribution is 0.0917. The molecule has 1 aliphatic heterocycles. The molecule has 0 aliphatic carbocycles. The zero-order valence-corrected chi connectivity index (χ0v) is 23.3. The molecule has 1 saturated heterocycles. The molecule has 200 valence electrons. The van der Waals surface area contributed by atoms with Crippen molar-refractivity contribution in [1.82, 2.24) is 9.29 Å². The van der Waals surface area contributed by atoms with E-state index in [0.29, 0.717) is 43.5 Å². The number of aromatic nitrogens is 1. The van der Waals surface area contributed by atoms with Crippen molar-refractivity contribution in [3.05, 3.63) is 48.0 Å². The Hall–Kier alpha value is -2.53. The highest BCUT2D eigenvalue weighted by Gasteiger charge is 2.28. The second kappa shape index (κ2) is 12.3. The van der Waals surface area contributed by atoms with E-state index in [2.05, 4.69) is 0 Å². The van der Waals surface area contributed by atoms with Crippen LogP contribution in [0.5, 0.6) is 5.75 Å². The zero-order chi connectivity index (χ0) is 26.4. The van der Waals surface area contributed by atoms with Gasteiger partial charge >= 0.3 is 0 Å². The summed E-state index contributed by atoms with van der Waals surface area (Å²) in [7, 11) is -3.62. The van der Waals surface area contributed by atoms with E-state index < -0.39 is 10.0 Å². The average Bonchev–Trinajstić information content (AvgIpc) is 3.57. The van der Waals surface area contributed by atoms with Gasteiger partial charge in [0, 0.05) is 25.3 Å². The molecule has 3 aromatic rings. The maximum Gasteiger partial charge on any atom is 0.260 e. The number of nitrogens with zero attached hydrogens (tertiary/aromatic N) is 3. The Kier molecular flexibility index (Phi) is 9.17. The predicted octanol–water partition coefficient (Wildman–Crippen LogP) is 5.33. The summed E-state index contributed by atoms with van der Waals surface area (Å²) < 4.78 is 40.1. The predicted molar refractivity (Wildman–Crippen MR) is 147 cm³/mol. The maximum absolute atomic E-state index is 13.7. The van der Waals surface area contributed by atoms with Crippen LogP contribution in [0.2, 0.25) is 0 Å². The summed E-state index contributed by atoms with van der Waals surface area (Å²) in [4.78, 5) is 20.3. The first-order valence-electron chi connectivity index (χ1n) is 12.9. The van der Waals surface area contributed by atoms with E-state index in [9.17, 15) is 13.2 Å². The van der Waals surface area contributed by atoms with Gasteiger partial charge in [-0.05, 0) is 68.7 Å². The molecule has 8 nitrogen and oxygen atoms in total. The molecule has 0 spiro atoms. The first-order chi connectivity index (χ1) is 17.9. The van der Waals surface area contributed by atoms with E-state index in [1.54, 1.807) is 17.0 Å². The van der Waals surface area contributed by atoms with Crippen molar-refractivity contribution in [3.8, 4) is 5.75 Å². The van der Waals surface area contributed by atoms with Crippen LogP contribution in [-0.4, -0.2) is 62.6 Å². The molecule has 1 aromatic heterocycles. The summed E-state index contributed by atoms with van der Waals surface area (Å²) >= 11 is 1.43. The van der Waals surface area contributed by atoms with Crippen molar-refractivity contribution < 1.29 is 22.7 Å². The van der Waals surface area contributed by atoms with Crippen LogP contribution in [0.25, 0.3) is 10.2 Å². The van der Waals surface area contributed by atoms with Crippen molar-refractivity contribution in [3.63, 3.8) is 0 Å². The van der Waals surface area contributed by atoms with E-state index in [4.69, 9.17) is 14.5 Å². The molecule has 37 heavy (non-hydrogen) atoms. The molecule has 0 bridgehead atoms. The SMILES string of the molecule is CCCCN(CC)S(=O)(=O)c1ccc(C(=O)N(CC2CCCO2)c2nc3ccc(OCC)cc3s2)cc1. The van der Waals surface area contributed by atoms with Crippen molar-refractivity contribution in [2.45, 2.75) is 57.5 Å². The number of sulfonamides is 1. The Balaban J connectivity index is 1.62. The molecule has 1 atom stereocenters. The van der Waals surface area contributed by atoms with Crippen LogP contribution in [0.4, 0.5) is 5.13 Å². The van der Waals surface area contributed by atoms with Crippen LogP contribution in [0, 0.1) is 0 Å². The number of carbonyl (C=O) groups excluding carboxylic acids is 1. The van der Waals surface area contributed by atoms with Gasteiger partial charge in [0.1, 0.15) is 5.75 Å². The number of anilines is 1. The number of amides is 1. The minimum Gasteiger partial charge on any atom is -0.494 e. The highest BCUT2D eigenvalue weighted by atomic mass is 32.2. The molecule has 1 amide bonds. The number of ether oxygens (including phenoxy) is 2. The monoisotopic (exact) mass is 545 g/mol. The normalized spacial score (nSPS) is 15.9. The third-order valence-electron chi connectivity index (χ3n) is 6.40. The molecule has 4 rings (SSSR count). The Morgan fingerprint density at radius 2 is 1.95 bits per heavy atom. The second-order valence-corrected chi connectivity index (χ2v) is 11.9. The van der Waals surface area contributed by atoms with Crippen LogP contribution in [0.3, 0.4) is 0 Å². The van der Waals surface area contributed by atoms with Crippen LogP contribution < -0.4 is 9.64 Å². The van der Waals surface area contributed by atoms with Gasteiger partial charge in [0.05, 0.1) is 34.4 Å². The standard InChI is InChI=1S/C27H35N3O5S2/c1-4-7-16-29(5-2)37(32,33)23-13-10-20(11-14-23)26(31)30(19-22-9-8-17-35-22)27-28-24-15-12-21(34-6-3)18-25(24)36-27/h10-15,18,22H,4-9,16-17,19H2,1-3H3. The lowest BCUT2D eigenvalue weighted by Crippen LogP contribution is -2.37. The van der Waals surface area contributed by atoms with Gasteiger partial charge in [0.15, 0.2) is 5.13 Å². The third-order valence-corrected chi connectivity index (χ3v) is 9.43.